The molecular weight excluding hydrogens is 274 g/mol. The van der Waals surface area contributed by atoms with E-state index >= 15 is 0 Å². The van der Waals surface area contributed by atoms with Gasteiger partial charge in [0.1, 0.15) is 0 Å². The number of amidine groups is 1. The summed E-state index contributed by atoms with van der Waals surface area (Å²) in [6.07, 6.45) is 0.309. The highest BCUT2D eigenvalue weighted by Gasteiger charge is 2.15. The lowest BCUT2D eigenvalue weighted by Gasteiger charge is -2.00. The molecular formula is C14H9N3S2. The maximum Gasteiger partial charge on any atom is 0.170 e. The maximum atomic E-state index is 8.89. The minimum absolute atomic E-state index is 0.309. The molecule has 0 unspecified atom stereocenters. The van der Waals surface area contributed by atoms with E-state index in [4.69, 9.17) is 5.26 Å². The van der Waals surface area contributed by atoms with E-state index < -0.39 is 0 Å². The average molecular weight is 283 g/mol. The molecule has 0 radical (unpaired) electrons. The lowest BCUT2D eigenvalue weighted by Crippen LogP contribution is -1.97. The molecule has 0 N–H and O–H groups in total. The number of para-hydroxylation sites is 1. The Morgan fingerprint density at radius 3 is 2.79 bits per heavy atom. The summed E-state index contributed by atoms with van der Waals surface area (Å²) in [5.74, 6) is 0.692. The Hall–Kier alpha value is -1.90. The van der Waals surface area contributed by atoms with Crippen LogP contribution in [-0.4, -0.2) is 10.9 Å². The molecule has 1 aromatic heterocycles. The van der Waals surface area contributed by atoms with Crippen LogP contribution in [0.4, 0.5) is 5.69 Å². The molecule has 0 bridgehead atoms. The first-order valence-corrected chi connectivity index (χ1v) is 7.40. The van der Waals surface area contributed by atoms with Crippen LogP contribution in [0.5, 0.6) is 0 Å². The topological polar surface area (TPSA) is 48.5 Å². The van der Waals surface area contributed by atoms with Crippen molar-refractivity contribution in [2.75, 3.05) is 0 Å². The molecule has 92 valence electrons. The molecule has 3 rings (SSSR count). The van der Waals surface area contributed by atoms with E-state index in [1.165, 1.54) is 11.8 Å². The summed E-state index contributed by atoms with van der Waals surface area (Å²) in [4.78, 5) is 11.2. The Bertz CT molecular complexity index is 694. The first kappa shape index (κ1) is 12.2. The van der Waals surface area contributed by atoms with Gasteiger partial charge in [0, 0.05) is 4.90 Å². The van der Waals surface area contributed by atoms with Gasteiger partial charge in [0.15, 0.2) is 5.84 Å². The molecule has 1 aromatic carbocycles. The van der Waals surface area contributed by atoms with Crippen molar-refractivity contribution in [1.29, 1.82) is 5.26 Å². The molecule has 0 amide bonds. The number of rotatable bonds is 2. The van der Waals surface area contributed by atoms with Crippen molar-refractivity contribution >= 4 is 39.7 Å². The molecule has 2 heterocycles. The molecule has 0 saturated carbocycles. The minimum atomic E-state index is 0.309. The largest absolute Gasteiger partial charge is 0.227 e. The first-order valence-electron chi connectivity index (χ1n) is 5.71. The number of aliphatic imine (C=N–C) groups is 2. The standard InChI is InChI=1S/C14H9N3S2/c15-8-7-13-17-14(12-6-3-9-18-12)16-10-4-1-2-5-11(10)19-13/h1-6,9H,7H2. The lowest BCUT2D eigenvalue weighted by atomic mass is 10.3. The third-order valence-corrected chi connectivity index (χ3v) is 4.42. The quantitative estimate of drug-likeness (QED) is 0.827. The number of hydrogen-bond donors (Lipinski definition) is 0. The molecule has 19 heavy (non-hydrogen) atoms. The van der Waals surface area contributed by atoms with Crippen LogP contribution in [0.15, 0.2) is 56.7 Å². The Kier molecular flexibility index (Phi) is 3.45. The highest BCUT2D eigenvalue weighted by Crippen LogP contribution is 2.34. The normalized spacial score (nSPS) is 13.8. The number of thioether (sulfide) groups is 1. The second kappa shape index (κ2) is 5.39. The van der Waals surface area contributed by atoms with Gasteiger partial charge in [-0.2, -0.15) is 5.26 Å². The van der Waals surface area contributed by atoms with Gasteiger partial charge in [0.2, 0.25) is 0 Å². The smallest absolute Gasteiger partial charge is 0.170 e. The van der Waals surface area contributed by atoms with Crippen molar-refractivity contribution < 1.29 is 0 Å². The van der Waals surface area contributed by atoms with Gasteiger partial charge in [-0.25, -0.2) is 9.98 Å². The van der Waals surface area contributed by atoms with Gasteiger partial charge in [-0.15, -0.1) is 11.3 Å². The van der Waals surface area contributed by atoms with Crippen molar-refractivity contribution in [3.05, 3.63) is 46.7 Å². The van der Waals surface area contributed by atoms with Crippen molar-refractivity contribution in [2.45, 2.75) is 11.3 Å². The van der Waals surface area contributed by atoms with Crippen LogP contribution in [0.1, 0.15) is 11.3 Å². The molecule has 2 aromatic rings. The summed E-state index contributed by atoms with van der Waals surface area (Å²) in [6, 6.07) is 14.0. The van der Waals surface area contributed by atoms with Crippen molar-refractivity contribution in [3.8, 4) is 6.07 Å². The third-order valence-electron chi connectivity index (χ3n) is 2.52. The van der Waals surface area contributed by atoms with E-state index in [2.05, 4.69) is 16.1 Å². The van der Waals surface area contributed by atoms with Gasteiger partial charge in [-0.1, -0.05) is 30.0 Å². The van der Waals surface area contributed by atoms with Crippen LogP contribution in [0.25, 0.3) is 0 Å². The molecule has 0 atom stereocenters. The van der Waals surface area contributed by atoms with Gasteiger partial charge in [-0.05, 0) is 23.6 Å². The van der Waals surface area contributed by atoms with Crippen molar-refractivity contribution in [1.82, 2.24) is 0 Å². The predicted molar refractivity (Wildman–Crippen MR) is 80.5 cm³/mol. The molecule has 5 heteroatoms. The highest BCUT2D eigenvalue weighted by molar-refractivity contribution is 8.14. The van der Waals surface area contributed by atoms with E-state index in [-0.39, 0.29) is 0 Å². The fraction of sp³-hybridized carbons (Fsp3) is 0.0714. The number of hydrogen-bond acceptors (Lipinski definition) is 5. The van der Waals surface area contributed by atoms with E-state index in [1.807, 2.05) is 41.8 Å². The second-order valence-corrected chi connectivity index (χ2v) is 5.89. The number of thiophene rings is 1. The summed E-state index contributed by atoms with van der Waals surface area (Å²) in [5, 5.41) is 11.7. The van der Waals surface area contributed by atoms with Crippen LogP contribution in [0.3, 0.4) is 0 Å². The fourth-order valence-corrected chi connectivity index (χ4v) is 3.25. The maximum absolute atomic E-state index is 8.89. The molecule has 3 nitrogen and oxygen atoms in total. The van der Waals surface area contributed by atoms with Crippen LogP contribution < -0.4 is 0 Å². The Morgan fingerprint density at radius 2 is 2.00 bits per heavy atom. The molecule has 0 aliphatic carbocycles. The zero-order valence-electron chi connectivity index (χ0n) is 9.91. The van der Waals surface area contributed by atoms with Crippen molar-refractivity contribution in [2.24, 2.45) is 9.98 Å². The molecule has 0 fully saturated rings. The van der Waals surface area contributed by atoms with Gasteiger partial charge in [-0.3, -0.25) is 0 Å². The molecule has 0 saturated heterocycles. The molecule has 1 aliphatic rings. The number of benzene rings is 1. The first-order chi connectivity index (χ1) is 9.36. The van der Waals surface area contributed by atoms with Gasteiger partial charge >= 0.3 is 0 Å². The van der Waals surface area contributed by atoms with E-state index in [0.29, 0.717) is 12.3 Å². The Morgan fingerprint density at radius 1 is 1.11 bits per heavy atom. The predicted octanol–water partition coefficient (Wildman–Crippen LogP) is 4.24. The minimum Gasteiger partial charge on any atom is -0.227 e. The third kappa shape index (κ3) is 2.60. The number of nitriles is 1. The fourth-order valence-electron chi connectivity index (χ4n) is 1.70. The summed E-state index contributed by atoms with van der Waals surface area (Å²) in [6.45, 7) is 0. The zero-order valence-corrected chi connectivity index (χ0v) is 11.5. The van der Waals surface area contributed by atoms with E-state index in [1.54, 1.807) is 11.3 Å². The second-order valence-electron chi connectivity index (χ2n) is 3.82. The highest BCUT2D eigenvalue weighted by atomic mass is 32.2. The summed E-state index contributed by atoms with van der Waals surface area (Å²) in [5.41, 5.74) is 0.910. The Balaban J connectivity index is 2.12. The summed E-state index contributed by atoms with van der Waals surface area (Å²) in [7, 11) is 0. The Labute approximate surface area is 119 Å². The average Bonchev–Trinajstić information content (AvgIpc) is 2.88. The van der Waals surface area contributed by atoms with Gasteiger partial charge < -0.3 is 0 Å². The van der Waals surface area contributed by atoms with Crippen LogP contribution in [0, 0.1) is 11.3 Å². The molecule has 0 spiro atoms. The van der Waals surface area contributed by atoms with Gasteiger partial charge in [0.05, 0.1) is 28.1 Å². The van der Waals surface area contributed by atoms with Crippen LogP contribution >= 0.6 is 23.1 Å². The van der Waals surface area contributed by atoms with Crippen LogP contribution in [0.2, 0.25) is 0 Å². The number of nitrogens with zero attached hydrogens (tertiary/aromatic N) is 3. The SMILES string of the molecule is N#CCC1=NC(c2cccs2)=Nc2ccccc2S1. The zero-order chi connectivity index (χ0) is 13.1. The lowest BCUT2D eigenvalue weighted by molar-refractivity contribution is 1.37. The van der Waals surface area contributed by atoms with E-state index in [0.717, 1.165) is 20.5 Å². The van der Waals surface area contributed by atoms with E-state index in [9.17, 15) is 0 Å². The molecule has 1 aliphatic heterocycles. The van der Waals surface area contributed by atoms with Gasteiger partial charge in [0.25, 0.3) is 0 Å². The summed E-state index contributed by atoms with van der Waals surface area (Å²) < 4.78 is 0. The number of fused-ring (bicyclic) bond motifs is 1. The van der Waals surface area contributed by atoms with Crippen LogP contribution in [-0.2, 0) is 0 Å². The van der Waals surface area contributed by atoms with Crippen molar-refractivity contribution in [3.63, 3.8) is 0 Å². The monoisotopic (exact) mass is 283 g/mol. The summed E-state index contributed by atoms with van der Waals surface area (Å²) >= 11 is 3.12.